The minimum absolute atomic E-state index is 0.101. The van der Waals surface area contributed by atoms with Crippen molar-refractivity contribution in [2.45, 2.75) is 23.8 Å². The molecule has 9 nitrogen and oxygen atoms in total. The van der Waals surface area contributed by atoms with Gasteiger partial charge in [-0.1, -0.05) is 22.0 Å². The lowest BCUT2D eigenvalue weighted by atomic mass is 10.2. The zero-order valence-electron chi connectivity index (χ0n) is 18.2. The minimum atomic E-state index is -3.78. The quantitative estimate of drug-likeness (QED) is 0.388. The summed E-state index contributed by atoms with van der Waals surface area (Å²) in [7, 11) is -3.78. The Labute approximate surface area is 214 Å². The highest BCUT2D eigenvalue weighted by molar-refractivity contribution is 9.10. The molecule has 1 aromatic heterocycles. The number of anilines is 1. The van der Waals surface area contributed by atoms with Crippen molar-refractivity contribution in [2.24, 2.45) is 0 Å². The van der Waals surface area contributed by atoms with Crippen molar-refractivity contribution in [3.8, 4) is 0 Å². The summed E-state index contributed by atoms with van der Waals surface area (Å²) in [5, 5.41) is 1.80. The molecular formula is C23H21BrN4O5S2. The average molecular weight is 577 g/mol. The number of rotatable bonds is 6. The first-order valence-corrected chi connectivity index (χ1v) is 13.7. The molecule has 12 heteroatoms. The molecule has 1 aliphatic heterocycles. The van der Waals surface area contributed by atoms with Crippen molar-refractivity contribution in [3.05, 3.63) is 81.0 Å². The van der Waals surface area contributed by atoms with E-state index in [1.807, 2.05) is 0 Å². The molecule has 0 unspecified atom stereocenters. The van der Waals surface area contributed by atoms with Crippen molar-refractivity contribution < 1.29 is 22.8 Å². The maximum absolute atomic E-state index is 12.6. The van der Waals surface area contributed by atoms with E-state index in [0.717, 1.165) is 4.47 Å². The zero-order chi connectivity index (χ0) is 25.0. The second kappa shape index (κ2) is 10.6. The Morgan fingerprint density at radius 2 is 1.69 bits per heavy atom. The van der Waals surface area contributed by atoms with Crippen LogP contribution in [0.2, 0.25) is 0 Å². The molecule has 0 spiro atoms. The van der Waals surface area contributed by atoms with E-state index in [4.69, 9.17) is 0 Å². The summed E-state index contributed by atoms with van der Waals surface area (Å²) >= 11 is 4.58. The maximum atomic E-state index is 12.6. The number of amides is 3. The van der Waals surface area contributed by atoms with E-state index in [-0.39, 0.29) is 22.1 Å². The summed E-state index contributed by atoms with van der Waals surface area (Å²) in [6, 6.07) is 14.8. The number of thiophene rings is 1. The number of carbonyl (C=O) groups is 3. The van der Waals surface area contributed by atoms with Gasteiger partial charge in [0.2, 0.25) is 0 Å². The highest BCUT2D eigenvalue weighted by Gasteiger charge is 2.35. The lowest BCUT2D eigenvalue weighted by Gasteiger charge is -2.23. The fourth-order valence-electron chi connectivity index (χ4n) is 3.62. The van der Waals surface area contributed by atoms with Gasteiger partial charge in [0.05, 0.1) is 9.77 Å². The topological polar surface area (TPSA) is 125 Å². The number of benzene rings is 2. The van der Waals surface area contributed by atoms with E-state index in [2.05, 4.69) is 31.5 Å². The van der Waals surface area contributed by atoms with Crippen LogP contribution in [0, 0.1) is 0 Å². The number of hydrogen-bond donors (Lipinski definition) is 3. The molecule has 3 N–H and O–H groups in total. The van der Waals surface area contributed by atoms with Gasteiger partial charge in [0.1, 0.15) is 6.04 Å². The number of halogens is 1. The van der Waals surface area contributed by atoms with Crippen LogP contribution in [0.25, 0.3) is 0 Å². The molecule has 3 amide bonds. The predicted molar refractivity (Wildman–Crippen MR) is 135 cm³/mol. The molecular weight excluding hydrogens is 556 g/mol. The first-order chi connectivity index (χ1) is 16.7. The third-order valence-corrected chi connectivity index (χ3v) is 8.15. The first kappa shape index (κ1) is 24.9. The van der Waals surface area contributed by atoms with E-state index in [0.29, 0.717) is 24.3 Å². The molecule has 0 radical (unpaired) electrons. The zero-order valence-corrected chi connectivity index (χ0v) is 21.5. The fourth-order valence-corrected chi connectivity index (χ4v) is 5.62. The summed E-state index contributed by atoms with van der Waals surface area (Å²) in [4.78, 5) is 39.9. The number of likely N-dealkylation sites (tertiary alicyclic amines) is 1. The Morgan fingerprint density at radius 3 is 2.34 bits per heavy atom. The Hall–Kier alpha value is -3.22. The molecule has 4 rings (SSSR count). The summed E-state index contributed by atoms with van der Waals surface area (Å²) in [6.45, 7) is 0.473. The van der Waals surface area contributed by atoms with Gasteiger partial charge in [-0.25, -0.2) is 8.42 Å². The van der Waals surface area contributed by atoms with Gasteiger partial charge in [-0.2, -0.15) is 0 Å². The van der Waals surface area contributed by atoms with Gasteiger partial charge < -0.3 is 4.90 Å². The fraction of sp³-hybridized carbons (Fsp3) is 0.174. The average Bonchev–Trinajstić information content (AvgIpc) is 3.55. The molecule has 0 aliphatic carbocycles. The molecule has 3 aromatic rings. The number of nitrogens with zero attached hydrogens (tertiary/aromatic N) is 1. The van der Waals surface area contributed by atoms with Gasteiger partial charge in [0.15, 0.2) is 0 Å². The molecule has 182 valence electrons. The van der Waals surface area contributed by atoms with Gasteiger partial charge in [0, 0.05) is 22.3 Å². The van der Waals surface area contributed by atoms with Crippen LogP contribution in [-0.4, -0.2) is 43.6 Å². The Kier molecular flexibility index (Phi) is 7.53. The van der Waals surface area contributed by atoms with E-state index in [1.54, 1.807) is 29.6 Å². The molecule has 2 aromatic carbocycles. The van der Waals surface area contributed by atoms with Crippen molar-refractivity contribution >= 4 is 60.7 Å². The van der Waals surface area contributed by atoms with Gasteiger partial charge >= 0.3 is 0 Å². The predicted octanol–water partition coefficient (Wildman–Crippen LogP) is 3.38. The van der Waals surface area contributed by atoms with Crippen LogP contribution in [0.15, 0.2) is 75.4 Å². The number of hydrogen-bond acceptors (Lipinski definition) is 6. The molecule has 1 aliphatic rings. The van der Waals surface area contributed by atoms with Crippen LogP contribution in [0.5, 0.6) is 0 Å². The third kappa shape index (κ3) is 5.89. The van der Waals surface area contributed by atoms with Crippen molar-refractivity contribution in [3.63, 3.8) is 0 Å². The number of hydrazine groups is 1. The second-order valence-corrected chi connectivity index (χ2v) is 11.3. The smallest absolute Gasteiger partial charge is 0.269 e. The summed E-state index contributed by atoms with van der Waals surface area (Å²) in [6.07, 6.45) is 1.20. The van der Waals surface area contributed by atoms with Crippen molar-refractivity contribution in [1.29, 1.82) is 0 Å². The Balaban J connectivity index is 1.33. The second-order valence-electron chi connectivity index (χ2n) is 7.71. The van der Waals surface area contributed by atoms with Crippen LogP contribution in [-0.2, 0) is 14.8 Å². The minimum Gasteiger partial charge on any atom is -0.326 e. The standard InChI is InChI=1S/C23H21BrN4O5S2/c24-16-7-11-18(12-8-16)35(32,33)27-17-9-5-15(6-10-17)21(29)25-26-22(30)19-3-1-13-28(19)23(31)20-4-2-14-34-20/h2,4-12,14,19,27H,1,3,13H2,(H,25,29)(H,26,30)/t19-/m0/s1. The number of carbonyl (C=O) groups excluding carboxylic acids is 3. The highest BCUT2D eigenvalue weighted by atomic mass is 79.9. The molecule has 1 fully saturated rings. The van der Waals surface area contributed by atoms with Crippen LogP contribution in [0.4, 0.5) is 5.69 Å². The third-order valence-electron chi connectivity index (χ3n) is 5.37. The van der Waals surface area contributed by atoms with E-state index in [9.17, 15) is 22.8 Å². The number of sulfonamides is 1. The van der Waals surface area contributed by atoms with Gasteiger partial charge in [0.25, 0.3) is 27.7 Å². The summed E-state index contributed by atoms with van der Waals surface area (Å²) < 4.78 is 28.2. The van der Waals surface area contributed by atoms with Crippen LogP contribution in [0.1, 0.15) is 32.9 Å². The van der Waals surface area contributed by atoms with Gasteiger partial charge in [-0.05, 0) is 72.8 Å². The highest BCUT2D eigenvalue weighted by Crippen LogP contribution is 2.22. The van der Waals surface area contributed by atoms with Gasteiger partial charge in [-0.15, -0.1) is 11.3 Å². The molecule has 35 heavy (non-hydrogen) atoms. The van der Waals surface area contributed by atoms with Gasteiger partial charge in [-0.3, -0.25) is 30.0 Å². The first-order valence-electron chi connectivity index (χ1n) is 10.6. The normalized spacial score (nSPS) is 15.5. The largest absolute Gasteiger partial charge is 0.326 e. The van der Waals surface area contributed by atoms with Crippen LogP contribution >= 0.6 is 27.3 Å². The molecule has 2 heterocycles. The summed E-state index contributed by atoms with van der Waals surface area (Å²) in [5.74, 6) is -1.25. The van der Waals surface area contributed by atoms with Crippen molar-refractivity contribution in [2.75, 3.05) is 11.3 Å². The van der Waals surface area contributed by atoms with E-state index >= 15 is 0 Å². The summed E-state index contributed by atoms with van der Waals surface area (Å²) in [5.41, 5.74) is 5.24. The number of nitrogens with one attached hydrogen (secondary N) is 3. The van der Waals surface area contributed by atoms with Crippen molar-refractivity contribution in [1.82, 2.24) is 15.8 Å². The Bertz CT molecular complexity index is 1330. The monoisotopic (exact) mass is 576 g/mol. The molecule has 0 bridgehead atoms. The van der Waals surface area contributed by atoms with Crippen LogP contribution < -0.4 is 15.6 Å². The maximum Gasteiger partial charge on any atom is 0.269 e. The SMILES string of the molecule is O=C(NNC(=O)[C@@H]1CCCN1C(=O)c1cccs1)c1ccc(NS(=O)(=O)c2ccc(Br)cc2)cc1. The van der Waals surface area contributed by atoms with E-state index in [1.165, 1.54) is 52.6 Å². The van der Waals surface area contributed by atoms with E-state index < -0.39 is 27.9 Å². The Morgan fingerprint density at radius 1 is 0.971 bits per heavy atom. The molecule has 0 saturated carbocycles. The lowest BCUT2D eigenvalue weighted by Crippen LogP contribution is -2.51. The molecule has 1 saturated heterocycles. The molecule has 1 atom stereocenters. The van der Waals surface area contributed by atoms with Crippen LogP contribution in [0.3, 0.4) is 0 Å². The lowest BCUT2D eigenvalue weighted by molar-refractivity contribution is -0.125.